The SMILES string of the molecule is COc1ccc(C)cc1CC(=O)C(F)F. The molecule has 0 aliphatic rings. The van der Waals surface area contributed by atoms with Gasteiger partial charge in [0.2, 0.25) is 5.78 Å². The van der Waals surface area contributed by atoms with Crippen LogP contribution < -0.4 is 4.74 Å². The lowest BCUT2D eigenvalue weighted by Gasteiger charge is -2.08. The van der Waals surface area contributed by atoms with E-state index in [1.807, 2.05) is 6.92 Å². The van der Waals surface area contributed by atoms with Gasteiger partial charge in [-0.3, -0.25) is 4.79 Å². The monoisotopic (exact) mass is 214 g/mol. The number of hydrogen-bond donors (Lipinski definition) is 0. The molecular weight excluding hydrogens is 202 g/mol. The van der Waals surface area contributed by atoms with Crippen LogP contribution in [0.3, 0.4) is 0 Å². The first kappa shape index (κ1) is 11.6. The molecule has 1 aromatic carbocycles. The van der Waals surface area contributed by atoms with Crippen LogP contribution in [-0.2, 0) is 11.2 Å². The molecule has 0 aliphatic carbocycles. The lowest BCUT2D eigenvalue weighted by Crippen LogP contribution is -2.13. The van der Waals surface area contributed by atoms with E-state index in [1.165, 1.54) is 7.11 Å². The number of halogens is 2. The van der Waals surface area contributed by atoms with Crippen LogP contribution in [0.1, 0.15) is 11.1 Å². The Balaban J connectivity index is 2.92. The highest BCUT2D eigenvalue weighted by Gasteiger charge is 2.17. The molecule has 0 saturated carbocycles. The molecule has 4 heteroatoms. The summed E-state index contributed by atoms with van der Waals surface area (Å²) in [4.78, 5) is 10.9. The molecule has 0 heterocycles. The van der Waals surface area contributed by atoms with Gasteiger partial charge in [0, 0.05) is 12.0 Å². The normalized spacial score (nSPS) is 10.5. The molecule has 0 bridgehead atoms. The summed E-state index contributed by atoms with van der Waals surface area (Å²) >= 11 is 0. The summed E-state index contributed by atoms with van der Waals surface area (Å²) in [6.07, 6.45) is -3.21. The molecule has 0 radical (unpaired) electrons. The van der Waals surface area contributed by atoms with E-state index >= 15 is 0 Å². The van der Waals surface area contributed by atoms with Gasteiger partial charge < -0.3 is 4.74 Å². The molecule has 0 aromatic heterocycles. The molecule has 2 nitrogen and oxygen atoms in total. The summed E-state index contributed by atoms with van der Waals surface area (Å²) in [6, 6.07) is 5.15. The Kier molecular flexibility index (Phi) is 3.77. The number of ketones is 1. The number of aryl methyl sites for hydroxylation is 1. The van der Waals surface area contributed by atoms with Crippen LogP contribution in [0.25, 0.3) is 0 Å². The molecular formula is C11H12F2O2. The van der Waals surface area contributed by atoms with Crippen LogP contribution in [0, 0.1) is 6.92 Å². The lowest BCUT2D eigenvalue weighted by molar-refractivity contribution is -0.128. The maximum Gasteiger partial charge on any atom is 0.296 e. The van der Waals surface area contributed by atoms with Gasteiger partial charge in [-0.15, -0.1) is 0 Å². The second kappa shape index (κ2) is 4.87. The average Bonchev–Trinajstić information content (AvgIpc) is 2.18. The van der Waals surface area contributed by atoms with Crippen LogP contribution in [-0.4, -0.2) is 19.3 Å². The first-order valence-electron chi connectivity index (χ1n) is 4.49. The van der Waals surface area contributed by atoms with Crippen LogP contribution in [0.15, 0.2) is 18.2 Å². The van der Waals surface area contributed by atoms with E-state index in [9.17, 15) is 13.6 Å². The Labute approximate surface area is 86.9 Å². The molecule has 0 N–H and O–H groups in total. The number of Topliss-reactive ketones (excluding diaryl/α,β-unsaturated/α-hetero) is 1. The maximum atomic E-state index is 12.1. The fourth-order valence-electron chi connectivity index (χ4n) is 1.31. The summed E-state index contributed by atoms with van der Waals surface area (Å²) in [5.41, 5.74) is 1.41. The second-order valence-corrected chi connectivity index (χ2v) is 3.26. The van der Waals surface area contributed by atoms with Crippen molar-refractivity contribution < 1.29 is 18.3 Å². The Morgan fingerprint density at radius 1 is 1.47 bits per heavy atom. The Hall–Kier alpha value is -1.45. The van der Waals surface area contributed by atoms with Crippen molar-refractivity contribution in [2.45, 2.75) is 19.8 Å². The van der Waals surface area contributed by atoms with Crippen LogP contribution in [0.2, 0.25) is 0 Å². The van der Waals surface area contributed by atoms with Crippen molar-refractivity contribution in [3.63, 3.8) is 0 Å². The predicted molar refractivity (Wildman–Crippen MR) is 52.4 cm³/mol. The summed E-state index contributed by atoms with van der Waals surface area (Å²) in [5, 5.41) is 0. The summed E-state index contributed by atoms with van der Waals surface area (Å²) in [6.45, 7) is 1.83. The topological polar surface area (TPSA) is 26.3 Å². The number of carbonyl (C=O) groups excluding carboxylic acids is 1. The van der Waals surface area contributed by atoms with Gasteiger partial charge in [0.05, 0.1) is 7.11 Å². The standard InChI is InChI=1S/C11H12F2O2/c1-7-3-4-10(15-2)8(5-7)6-9(14)11(12)13/h3-5,11H,6H2,1-2H3. The molecule has 15 heavy (non-hydrogen) atoms. The molecule has 0 aliphatic heterocycles. The Bertz CT molecular complexity index is 362. The minimum Gasteiger partial charge on any atom is -0.496 e. The van der Waals surface area contributed by atoms with Gasteiger partial charge in [0.15, 0.2) is 0 Å². The zero-order chi connectivity index (χ0) is 11.4. The van der Waals surface area contributed by atoms with Crippen molar-refractivity contribution in [1.29, 1.82) is 0 Å². The first-order valence-corrected chi connectivity index (χ1v) is 4.49. The largest absolute Gasteiger partial charge is 0.496 e. The van der Waals surface area contributed by atoms with Crippen molar-refractivity contribution in [2.24, 2.45) is 0 Å². The molecule has 0 amide bonds. The lowest BCUT2D eigenvalue weighted by atomic mass is 10.1. The van der Waals surface area contributed by atoms with E-state index in [0.29, 0.717) is 11.3 Å². The molecule has 0 unspecified atom stereocenters. The van der Waals surface area contributed by atoms with Gasteiger partial charge in [-0.05, 0) is 13.0 Å². The number of methoxy groups -OCH3 is 1. The maximum absolute atomic E-state index is 12.1. The van der Waals surface area contributed by atoms with E-state index in [2.05, 4.69) is 0 Å². The average molecular weight is 214 g/mol. The van der Waals surface area contributed by atoms with E-state index in [-0.39, 0.29) is 6.42 Å². The molecule has 82 valence electrons. The van der Waals surface area contributed by atoms with Crippen molar-refractivity contribution in [3.05, 3.63) is 29.3 Å². The Morgan fingerprint density at radius 3 is 2.67 bits per heavy atom. The summed E-state index contributed by atoms with van der Waals surface area (Å²) in [5.74, 6) is -0.617. The second-order valence-electron chi connectivity index (χ2n) is 3.26. The highest BCUT2D eigenvalue weighted by molar-refractivity contribution is 5.84. The quantitative estimate of drug-likeness (QED) is 0.769. The van der Waals surface area contributed by atoms with Crippen LogP contribution in [0.4, 0.5) is 8.78 Å². The van der Waals surface area contributed by atoms with E-state index in [4.69, 9.17) is 4.74 Å². The highest BCUT2D eigenvalue weighted by Crippen LogP contribution is 2.21. The molecule has 0 saturated heterocycles. The van der Waals surface area contributed by atoms with Crippen molar-refractivity contribution >= 4 is 5.78 Å². The smallest absolute Gasteiger partial charge is 0.296 e. The predicted octanol–water partition coefficient (Wildman–Crippen LogP) is 2.38. The number of hydrogen-bond acceptors (Lipinski definition) is 2. The van der Waals surface area contributed by atoms with Gasteiger partial charge in [-0.1, -0.05) is 17.7 Å². The number of carbonyl (C=O) groups is 1. The van der Waals surface area contributed by atoms with E-state index < -0.39 is 12.2 Å². The van der Waals surface area contributed by atoms with Gasteiger partial charge in [-0.2, -0.15) is 0 Å². The van der Waals surface area contributed by atoms with Gasteiger partial charge in [-0.25, -0.2) is 8.78 Å². The molecule has 0 atom stereocenters. The fraction of sp³-hybridized carbons (Fsp3) is 0.364. The van der Waals surface area contributed by atoms with Crippen molar-refractivity contribution in [2.75, 3.05) is 7.11 Å². The first-order chi connectivity index (χ1) is 7.04. The van der Waals surface area contributed by atoms with E-state index in [1.54, 1.807) is 18.2 Å². The van der Waals surface area contributed by atoms with E-state index in [0.717, 1.165) is 5.56 Å². The van der Waals surface area contributed by atoms with Crippen LogP contribution >= 0.6 is 0 Å². The van der Waals surface area contributed by atoms with Crippen LogP contribution in [0.5, 0.6) is 5.75 Å². The summed E-state index contributed by atoms with van der Waals surface area (Å²) in [7, 11) is 1.45. The number of ether oxygens (including phenoxy) is 1. The third-order valence-corrected chi connectivity index (χ3v) is 2.04. The molecule has 0 spiro atoms. The highest BCUT2D eigenvalue weighted by atomic mass is 19.3. The minimum atomic E-state index is -2.92. The molecule has 1 rings (SSSR count). The third kappa shape index (κ3) is 3.01. The number of alkyl halides is 2. The molecule has 1 aromatic rings. The van der Waals surface area contributed by atoms with Crippen molar-refractivity contribution in [1.82, 2.24) is 0 Å². The zero-order valence-electron chi connectivity index (χ0n) is 8.59. The zero-order valence-corrected chi connectivity index (χ0v) is 8.59. The fourth-order valence-corrected chi connectivity index (χ4v) is 1.31. The summed E-state index contributed by atoms with van der Waals surface area (Å²) < 4.78 is 29.1. The van der Waals surface area contributed by atoms with Crippen molar-refractivity contribution in [3.8, 4) is 5.75 Å². The van der Waals surface area contributed by atoms with Gasteiger partial charge in [0.25, 0.3) is 6.43 Å². The minimum absolute atomic E-state index is 0.289. The van der Waals surface area contributed by atoms with Gasteiger partial charge in [0.1, 0.15) is 5.75 Å². The Morgan fingerprint density at radius 2 is 2.13 bits per heavy atom. The number of rotatable bonds is 4. The molecule has 0 fully saturated rings. The third-order valence-electron chi connectivity index (χ3n) is 2.04. The number of benzene rings is 1. The van der Waals surface area contributed by atoms with Gasteiger partial charge >= 0.3 is 0 Å².